The number of carboxylic acid groups (broad SMARTS) is 1. The molecule has 0 aliphatic heterocycles. The van der Waals surface area contributed by atoms with Gasteiger partial charge < -0.3 is 15.2 Å². The molecular formula is C9H19NO3. The highest BCUT2D eigenvalue weighted by Crippen LogP contribution is 1.90. The number of rotatable bonds is 8. The van der Waals surface area contributed by atoms with E-state index in [1.807, 2.05) is 0 Å². The third-order valence-corrected chi connectivity index (χ3v) is 1.39. The smallest absolute Gasteiger partial charge is 0.304 e. The fraction of sp³-hybridized carbons (Fsp3) is 0.889. The Morgan fingerprint density at radius 1 is 1.46 bits per heavy atom. The Hall–Kier alpha value is -0.610. The SMILES string of the molecule is CC(C)COCCNCCC(=O)O. The van der Waals surface area contributed by atoms with E-state index in [1.54, 1.807) is 0 Å². The lowest BCUT2D eigenvalue weighted by molar-refractivity contribution is -0.136. The van der Waals surface area contributed by atoms with Crippen molar-refractivity contribution in [3.63, 3.8) is 0 Å². The fourth-order valence-electron chi connectivity index (χ4n) is 0.784. The van der Waals surface area contributed by atoms with Crippen LogP contribution >= 0.6 is 0 Å². The normalized spacial score (nSPS) is 10.7. The molecule has 0 saturated heterocycles. The highest BCUT2D eigenvalue weighted by Gasteiger charge is 1.95. The first kappa shape index (κ1) is 12.4. The lowest BCUT2D eigenvalue weighted by Crippen LogP contribution is -2.23. The van der Waals surface area contributed by atoms with Crippen molar-refractivity contribution in [2.75, 3.05) is 26.3 Å². The molecule has 0 atom stereocenters. The van der Waals surface area contributed by atoms with Crippen molar-refractivity contribution in [2.45, 2.75) is 20.3 Å². The number of hydrogen-bond acceptors (Lipinski definition) is 3. The van der Waals surface area contributed by atoms with E-state index in [0.29, 0.717) is 19.1 Å². The number of carboxylic acids is 1. The number of nitrogens with one attached hydrogen (secondary N) is 1. The van der Waals surface area contributed by atoms with Crippen molar-refractivity contribution in [3.05, 3.63) is 0 Å². The second-order valence-electron chi connectivity index (χ2n) is 3.36. The van der Waals surface area contributed by atoms with E-state index in [-0.39, 0.29) is 6.42 Å². The molecule has 0 rings (SSSR count). The standard InChI is InChI=1S/C9H19NO3/c1-8(2)7-13-6-5-10-4-3-9(11)12/h8,10H,3-7H2,1-2H3,(H,11,12). The minimum absolute atomic E-state index is 0.171. The molecule has 0 saturated carbocycles. The maximum Gasteiger partial charge on any atom is 0.304 e. The minimum Gasteiger partial charge on any atom is -0.481 e. The zero-order valence-corrected chi connectivity index (χ0v) is 8.38. The lowest BCUT2D eigenvalue weighted by atomic mass is 10.2. The largest absolute Gasteiger partial charge is 0.481 e. The second-order valence-corrected chi connectivity index (χ2v) is 3.36. The predicted molar refractivity (Wildman–Crippen MR) is 50.8 cm³/mol. The van der Waals surface area contributed by atoms with Crippen LogP contribution < -0.4 is 5.32 Å². The summed E-state index contributed by atoms with van der Waals surface area (Å²) >= 11 is 0. The summed E-state index contributed by atoms with van der Waals surface area (Å²) in [4.78, 5) is 10.1. The third-order valence-electron chi connectivity index (χ3n) is 1.39. The van der Waals surface area contributed by atoms with Crippen LogP contribution in [0.4, 0.5) is 0 Å². The zero-order chi connectivity index (χ0) is 10.1. The van der Waals surface area contributed by atoms with Gasteiger partial charge in [0.1, 0.15) is 0 Å². The summed E-state index contributed by atoms with van der Waals surface area (Å²) in [6.07, 6.45) is 0.171. The van der Waals surface area contributed by atoms with Gasteiger partial charge in [-0.2, -0.15) is 0 Å². The van der Waals surface area contributed by atoms with E-state index in [0.717, 1.165) is 13.2 Å². The highest BCUT2D eigenvalue weighted by molar-refractivity contribution is 5.66. The predicted octanol–water partition coefficient (Wildman–Crippen LogP) is 0.723. The summed E-state index contributed by atoms with van der Waals surface area (Å²) in [5.74, 6) is -0.213. The van der Waals surface area contributed by atoms with Crippen molar-refractivity contribution in [1.82, 2.24) is 5.32 Å². The van der Waals surface area contributed by atoms with Gasteiger partial charge in [-0.25, -0.2) is 0 Å². The maximum atomic E-state index is 10.1. The molecule has 0 aromatic heterocycles. The molecule has 0 spiro atoms. The summed E-state index contributed by atoms with van der Waals surface area (Å²) in [6.45, 7) is 6.84. The van der Waals surface area contributed by atoms with Crippen LogP contribution in [0.5, 0.6) is 0 Å². The number of carbonyl (C=O) groups is 1. The van der Waals surface area contributed by atoms with Crippen LogP contribution in [0.3, 0.4) is 0 Å². The molecule has 0 aromatic rings. The van der Waals surface area contributed by atoms with Crippen molar-refractivity contribution >= 4 is 5.97 Å². The maximum absolute atomic E-state index is 10.1. The molecule has 2 N–H and O–H groups in total. The molecule has 0 bridgehead atoms. The molecule has 0 aromatic carbocycles. The van der Waals surface area contributed by atoms with E-state index in [4.69, 9.17) is 9.84 Å². The molecule has 0 unspecified atom stereocenters. The molecule has 13 heavy (non-hydrogen) atoms. The van der Waals surface area contributed by atoms with Crippen LogP contribution in [0.1, 0.15) is 20.3 Å². The van der Waals surface area contributed by atoms with Crippen LogP contribution in [0, 0.1) is 5.92 Å². The summed E-state index contributed by atoms with van der Waals surface area (Å²) in [5, 5.41) is 11.3. The summed E-state index contributed by atoms with van der Waals surface area (Å²) < 4.78 is 5.29. The quantitative estimate of drug-likeness (QED) is 0.552. The van der Waals surface area contributed by atoms with Crippen LogP contribution in [-0.2, 0) is 9.53 Å². The summed E-state index contributed by atoms with van der Waals surface area (Å²) in [5.41, 5.74) is 0. The zero-order valence-electron chi connectivity index (χ0n) is 8.38. The first-order chi connectivity index (χ1) is 6.13. The average molecular weight is 189 g/mol. The van der Waals surface area contributed by atoms with Gasteiger partial charge in [-0.15, -0.1) is 0 Å². The van der Waals surface area contributed by atoms with Crippen molar-refractivity contribution in [2.24, 2.45) is 5.92 Å². The van der Waals surface area contributed by atoms with E-state index in [2.05, 4.69) is 19.2 Å². The van der Waals surface area contributed by atoms with Crippen molar-refractivity contribution < 1.29 is 14.6 Å². The van der Waals surface area contributed by atoms with Crippen molar-refractivity contribution in [3.8, 4) is 0 Å². The minimum atomic E-state index is -0.768. The Morgan fingerprint density at radius 2 is 2.15 bits per heavy atom. The van der Waals surface area contributed by atoms with Crippen LogP contribution in [0.15, 0.2) is 0 Å². The Balaban J connectivity index is 2.96. The molecule has 0 aliphatic carbocycles. The van der Waals surface area contributed by atoms with Gasteiger partial charge in [0.25, 0.3) is 0 Å². The molecular weight excluding hydrogens is 170 g/mol. The first-order valence-corrected chi connectivity index (χ1v) is 4.63. The van der Waals surface area contributed by atoms with E-state index < -0.39 is 5.97 Å². The monoisotopic (exact) mass is 189 g/mol. The van der Waals surface area contributed by atoms with Crippen molar-refractivity contribution in [1.29, 1.82) is 0 Å². The Kier molecular flexibility index (Phi) is 7.63. The number of aliphatic carboxylic acids is 1. The Bertz CT molecular complexity index is 137. The molecule has 4 nitrogen and oxygen atoms in total. The summed E-state index contributed by atoms with van der Waals surface area (Å²) in [7, 11) is 0. The van der Waals surface area contributed by atoms with Crippen LogP contribution in [0.2, 0.25) is 0 Å². The average Bonchev–Trinajstić information content (AvgIpc) is 2.01. The van der Waals surface area contributed by atoms with Gasteiger partial charge in [0.05, 0.1) is 13.0 Å². The van der Waals surface area contributed by atoms with Gasteiger partial charge >= 0.3 is 5.97 Å². The lowest BCUT2D eigenvalue weighted by Gasteiger charge is -2.06. The van der Waals surface area contributed by atoms with Crippen LogP contribution in [0.25, 0.3) is 0 Å². The van der Waals surface area contributed by atoms with Gasteiger partial charge in [0.2, 0.25) is 0 Å². The van der Waals surface area contributed by atoms with Gasteiger partial charge in [-0.1, -0.05) is 13.8 Å². The molecule has 4 heteroatoms. The number of hydrogen-bond donors (Lipinski definition) is 2. The second kappa shape index (κ2) is 8.01. The molecule has 0 amide bonds. The molecule has 0 radical (unpaired) electrons. The molecule has 0 aliphatic rings. The van der Waals surface area contributed by atoms with E-state index in [1.165, 1.54) is 0 Å². The Morgan fingerprint density at radius 3 is 2.69 bits per heavy atom. The summed E-state index contributed by atoms with van der Waals surface area (Å²) in [6, 6.07) is 0. The highest BCUT2D eigenvalue weighted by atomic mass is 16.5. The van der Waals surface area contributed by atoms with E-state index >= 15 is 0 Å². The molecule has 78 valence electrons. The van der Waals surface area contributed by atoms with Gasteiger partial charge in [0, 0.05) is 19.7 Å². The van der Waals surface area contributed by atoms with Crippen LogP contribution in [-0.4, -0.2) is 37.4 Å². The topological polar surface area (TPSA) is 58.6 Å². The first-order valence-electron chi connectivity index (χ1n) is 4.63. The van der Waals surface area contributed by atoms with Gasteiger partial charge in [-0.05, 0) is 5.92 Å². The number of ether oxygens (including phenoxy) is 1. The van der Waals surface area contributed by atoms with E-state index in [9.17, 15) is 4.79 Å². The molecule has 0 fully saturated rings. The van der Waals surface area contributed by atoms with Gasteiger partial charge in [0.15, 0.2) is 0 Å². The Labute approximate surface area is 79.3 Å². The third kappa shape index (κ3) is 11.4. The molecule has 0 heterocycles. The van der Waals surface area contributed by atoms with Gasteiger partial charge in [-0.3, -0.25) is 4.79 Å². The fourth-order valence-corrected chi connectivity index (χ4v) is 0.784.